The van der Waals surface area contributed by atoms with Gasteiger partial charge in [0.1, 0.15) is 0 Å². The van der Waals surface area contributed by atoms with Crippen LogP contribution in [0, 0.1) is 0 Å². The van der Waals surface area contributed by atoms with Crippen LogP contribution >= 0.6 is 11.8 Å². The quantitative estimate of drug-likeness (QED) is 0.832. The third-order valence-corrected chi connectivity index (χ3v) is 4.35. The Morgan fingerprint density at radius 3 is 2.89 bits per heavy atom. The normalized spacial score (nSPS) is 19.7. The van der Waals surface area contributed by atoms with E-state index in [2.05, 4.69) is 22.0 Å². The lowest BCUT2D eigenvalue weighted by Gasteiger charge is -2.34. The highest BCUT2D eigenvalue weighted by atomic mass is 32.2. The van der Waals surface area contributed by atoms with Gasteiger partial charge in [0.05, 0.1) is 5.75 Å². The molecule has 19 heavy (non-hydrogen) atoms. The van der Waals surface area contributed by atoms with E-state index in [-0.39, 0.29) is 5.75 Å². The van der Waals surface area contributed by atoms with Crippen molar-refractivity contribution in [3.63, 3.8) is 0 Å². The van der Waals surface area contributed by atoms with Crippen LogP contribution in [0.2, 0.25) is 0 Å². The number of anilines is 1. The van der Waals surface area contributed by atoms with E-state index in [9.17, 15) is 4.79 Å². The fourth-order valence-electron chi connectivity index (χ4n) is 2.40. The van der Waals surface area contributed by atoms with Crippen LogP contribution in [0.15, 0.2) is 5.16 Å². The molecule has 1 fully saturated rings. The van der Waals surface area contributed by atoms with E-state index in [0.717, 1.165) is 19.0 Å². The minimum atomic E-state index is -0.830. The van der Waals surface area contributed by atoms with Gasteiger partial charge in [0, 0.05) is 19.1 Å². The topological polar surface area (TPSA) is 71.2 Å². The molecule has 1 atom stereocenters. The number of piperidine rings is 1. The van der Waals surface area contributed by atoms with Crippen molar-refractivity contribution in [3.05, 3.63) is 0 Å². The maximum atomic E-state index is 10.6. The Hall–Kier alpha value is -1.24. The number of rotatable bonds is 5. The highest BCUT2D eigenvalue weighted by Crippen LogP contribution is 2.26. The summed E-state index contributed by atoms with van der Waals surface area (Å²) in [5, 5.41) is 17.8. The first-order chi connectivity index (χ1) is 9.13. The second kappa shape index (κ2) is 6.27. The Kier molecular flexibility index (Phi) is 4.68. The number of carboxylic acid groups (broad SMARTS) is 1. The highest BCUT2D eigenvalue weighted by Gasteiger charge is 2.24. The average molecular weight is 284 g/mol. The predicted molar refractivity (Wildman–Crippen MR) is 74.7 cm³/mol. The number of aliphatic carboxylic acids is 1. The molecule has 2 rings (SSSR count). The first-order valence-corrected chi connectivity index (χ1v) is 7.66. The maximum Gasteiger partial charge on any atom is 0.313 e. The lowest BCUT2D eigenvalue weighted by molar-refractivity contribution is -0.133. The van der Waals surface area contributed by atoms with E-state index in [1.54, 1.807) is 0 Å². The largest absolute Gasteiger partial charge is 0.481 e. The molecular formula is C12H20N4O2S. The standard InChI is InChI=1S/C12H20N4O2S/c1-3-15-11(16-7-5-4-6-9(16)2)13-14-12(15)19-8-10(17)18/h9H,3-8H2,1-2H3,(H,17,18). The van der Waals surface area contributed by atoms with Crippen LogP contribution in [0.4, 0.5) is 5.95 Å². The zero-order valence-corrected chi connectivity index (χ0v) is 12.2. The summed E-state index contributed by atoms with van der Waals surface area (Å²) in [5.74, 6) is 0.0689. The Morgan fingerprint density at radius 1 is 1.47 bits per heavy atom. The number of hydrogen-bond acceptors (Lipinski definition) is 5. The predicted octanol–water partition coefficient (Wildman–Crippen LogP) is 1.85. The van der Waals surface area contributed by atoms with E-state index in [0.29, 0.717) is 11.2 Å². The summed E-state index contributed by atoms with van der Waals surface area (Å²) in [6.07, 6.45) is 3.62. The molecule has 106 valence electrons. The van der Waals surface area contributed by atoms with Crippen molar-refractivity contribution in [3.8, 4) is 0 Å². The second-order valence-electron chi connectivity index (χ2n) is 4.75. The van der Waals surface area contributed by atoms with Crippen LogP contribution in [0.25, 0.3) is 0 Å². The van der Waals surface area contributed by atoms with Gasteiger partial charge in [-0.15, -0.1) is 10.2 Å². The number of carboxylic acids is 1. The SMILES string of the molecule is CCn1c(SCC(=O)O)nnc1N1CCCCC1C. The lowest BCUT2D eigenvalue weighted by Crippen LogP contribution is -2.39. The minimum Gasteiger partial charge on any atom is -0.481 e. The van der Waals surface area contributed by atoms with Crippen molar-refractivity contribution < 1.29 is 9.90 Å². The Bertz CT molecular complexity index is 449. The van der Waals surface area contributed by atoms with Crippen molar-refractivity contribution in [2.45, 2.75) is 50.9 Å². The minimum absolute atomic E-state index is 0.0215. The molecule has 1 saturated heterocycles. The molecule has 7 heteroatoms. The summed E-state index contributed by atoms with van der Waals surface area (Å²) in [5.41, 5.74) is 0. The zero-order valence-electron chi connectivity index (χ0n) is 11.4. The molecule has 0 bridgehead atoms. The summed E-state index contributed by atoms with van der Waals surface area (Å²) in [6, 6.07) is 0.473. The summed E-state index contributed by atoms with van der Waals surface area (Å²) in [7, 11) is 0. The molecule has 0 saturated carbocycles. The molecule has 0 amide bonds. The zero-order chi connectivity index (χ0) is 13.8. The van der Waals surface area contributed by atoms with Gasteiger partial charge in [-0.3, -0.25) is 9.36 Å². The first-order valence-electron chi connectivity index (χ1n) is 6.68. The number of aromatic nitrogens is 3. The van der Waals surface area contributed by atoms with Crippen molar-refractivity contribution in [2.75, 3.05) is 17.2 Å². The third kappa shape index (κ3) is 3.20. The fraction of sp³-hybridized carbons (Fsp3) is 0.750. The number of nitrogens with zero attached hydrogens (tertiary/aromatic N) is 4. The van der Waals surface area contributed by atoms with Crippen LogP contribution in [0.5, 0.6) is 0 Å². The lowest BCUT2D eigenvalue weighted by atomic mass is 10.0. The van der Waals surface area contributed by atoms with Crippen molar-refractivity contribution in [2.24, 2.45) is 0 Å². The molecule has 0 radical (unpaired) electrons. The van der Waals surface area contributed by atoms with Crippen LogP contribution in [0.1, 0.15) is 33.1 Å². The van der Waals surface area contributed by atoms with E-state index < -0.39 is 5.97 Å². The second-order valence-corrected chi connectivity index (χ2v) is 5.69. The first kappa shape index (κ1) is 14.2. The number of hydrogen-bond donors (Lipinski definition) is 1. The number of carbonyl (C=O) groups is 1. The molecule has 0 spiro atoms. The van der Waals surface area contributed by atoms with Gasteiger partial charge in [-0.1, -0.05) is 11.8 Å². The molecule has 1 aliphatic heterocycles. The van der Waals surface area contributed by atoms with Gasteiger partial charge < -0.3 is 10.0 Å². The molecule has 0 aromatic carbocycles. The van der Waals surface area contributed by atoms with Crippen LogP contribution in [-0.4, -0.2) is 44.2 Å². The van der Waals surface area contributed by atoms with Gasteiger partial charge in [0.15, 0.2) is 5.16 Å². The van der Waals surface area contributed by atoms with Crippen molar-refractivity contribution in [1.29, 1.82) is 0 Å². The summed E-state index contributed by atoms with van der Waals surface area (Å²) < 4.78 is 2.01. The van der Waals surface area contributed by atoms with E-state index in [4.69, 9.17) is 5.11 Å². The Balaban J connectivity index is 2.18. The van der Waals surface area contributed by atoms with Crippen LogP contribution in [0.3, 0.4) is 0 Å². The van der Waals surface area contributed by atoms with Gasteiger partial charge in [-0.05, 0) is 33.1 Å². The van der Waals surface area contributed by atoms with Crippen LogP contribution < -0.4 is 4.90 Å². The molecule has 1 aliphatic rings. The van der Waals surface area contributed by atoms with Gasteiger partial charge in [-0.2, -0.15) is 0 Å². The van der Waals surface area contributed by atoms with Gasteiger partial charge in [0.25, 0.3) is 0 Å². The van der Waals surface area contributed by atoms with E-state index >= 15 is 0 Å². The van der Waals surface area contributed by atoms with Crippen LogP contribution in [-0.2, 0) is 11.3 Å². The smallest absolute Gasteiger partial charge is 0.313 e. The summed E-state index contributed by atoms with van der Waals surface area (Å²) in [4.78, 5) is 12.9. The molecule has 6 nitrogen and oxygen atoms in total. The maximum absolute atomic E-state index is 10.6. The van der Waals surface area contributed by atoms with Gasteiger partial charge in [0.2, 0.25) is 5.95 Å². The molecule has 1 aromatic rings. The van der Waals surface area contributed by atoms with Gasteiger partial charge >= 0.3 is 5.97 Å². The average Bonchev–Trinajstić information content (AvgIpc) is 2.79. The third-order valence-electron chi connectivity index (χ3n) is 3.40. The molecular weight excluding hydrogens is 264 g/mol. The highest BCUT2D eigenvalue weighted by molar-refractivity contribution is 7.99. The molecule has 1 aromatic heterocycles. The Morgan fingerprint density at radius 2 is 2.26 bits per heavy atom. The Labute approximate surface area is 117 Å². The van der Waals surface area contributed by atoms with E-state index in [1.165, 1.54) is 31.0 Å². The number of thioether (sulfide) groups is 1. The van der Waals surface area contributed by atoms with Gasteiger partial charge in [-0.25, -0.2) is 0 Å². The van der Waals surface area contributed by atoms with Crippen molar-refractivity contribution in [1.82, 2.24) is 14.8 Å². The molecule has 2 heterocycles. The molecule has 1 N–H and O–H groups in total. The van der Waals surface area contributed by atoms with E-state index in [1.807, 2.05) is 11.5 Å². The molecule has 1 unspecified atom stereocenters. The summed E-state index contributed by atoms with van der Waals surface area (Å²) >= 11 is 1.23. The van der Waals surface area contributed by atoms with Crippen molar-refractivity contribution >= 4 is 23.7 Å². The monoisotopic (exact) mass is 284 g/mol. The fourth-order valence-corrected chi connectivity index (χ4v) is 3.12. The molecule has 0 aliphatic carbocycles. The summed E-state index contributed by atoms with van der Waals surface area (Å²) in [6.45, 7) is 6.00.